The van der Waals surface area contributed by atoms with E-state index in [-0.39, 0.29) is 23.7 Å². The second-order valence-electron chi connectivity index (χ2n) is 4.45. The summed E-state index contributed by atoms with van der Waals surface area (Å²) in [5.41, 5.74) is 0.451. The van der Waals surface area contributed by atoms with Crippen LogP contribution in [0, 0.1) is 10.1 Å². The van der Waals surface area contributed by atoms with Gasteiger partial charge in [-0.05, 0) is 11.6 Å². The molecule has 8 heteroatoms. The van der Waals surface area contributed by atoms with E-state index in [0.717, 1.165) is 5.56 Å². The van der Waals surface area contributed by atoms with Gasteiger partial charge in [-0.15, -0.1) is 0 Å². The first kappa shape index (κ1) is 16.8. The number of carbonyl (C=O) groups excluding carboxylic acids is 1. The fourth-order valence-electron chi connectivity index (χ4n) is 1.86. The standard InChI is InChI=1S/C15H13BrN2O5/c1-22-13-8-11(16)7-12(18(20)21)14(13)17-15(19)23-9-10-5-3-2-4-6-10/h2-8H,9H2,1H3,(H,17,19). The van der Waals surface area contributed by atoms with E-state index in [1.807, 2.05) is 18.2 Å². The fraction of sp³-hybridized carbons (Fsp3) is 0.133. The Morgan fingerprint density at radius 2 is 2.00 bits per heavy atom. The van der Waals surface area contributed by atoms with E-state index in [9.17, 15) is 14.9 Å². The fourth-order valence-corrected chi connectivity index (χ4v) is 2.28. The maximum absolute atomic E-state index is 11.9. The summed E-state index contributed by atoms with van der Waals surface area (Å²) >= 11 is 3.16. The molecule has 2 aromatic carbocycles. The molecule has 0 unspecified atom stereocenters. The molecule has 0 saturated carbocycles. The van der Waals surface area contributed by atoms with Gasteiger partial charge in [-0.1, -0.05) is 46.3 Å². The first-order valence-corrected chi connectivity index (χ1v) is 7.30. The lowest BCUT2D eigenvalue weighted by Crippen LogP contribution is -2.15. The SMILES string of the molecule is COc1cc(Br)cc([N+](=O)[O-])c1NC(=O)OCc1ccccc1. The predicted octanol–water partition coefficient (Wildman–Crippen LogP) is 4.11. The summed E-state index contributed by atoms with van der Waals surface area (Å²) in [6.45, 7) is 0.0549. The summed E-state index contributed by atoms with van der Waals surface area (Å²) in [7, 11) is 1.35. The molecular weight excluding hydrogens is 368 g/mol. The third-order valence-corrected chi connectivity index (χ3v) is 3.36. The highest BCUT2D eigenvalue weighted by Gasteiger charge is 2.22. The highest BCUT2D eigenvalue weighted by molar-refractivity contribution is 9.10. The van der Waals surface area contributed by atoms with E-state index in [1.54, 1.807) is 12.1 Å². The molecule has 1 N–H and O–H groups in total. The molecule has 0 aliphatic carbocycles. The monoisotopic (exact) mass is 380 g/mol. The molecule has 0 aliphatic rings. The van der Waals surface area contributed by atoms with Crippen LogP contribution in [0.2, 0.25) is 0 Å². The number of hydrogen-bond donors (Lipinski definition) is 1. The lowest BCUT2D eigenvalue weighted by molar-refractivity contribution is -0.384. The highest BCUT2D eigenvalue weighted by Crippen LogP contribution is 2.37. The number of methoxy groups -OCH3 is 1. The molecule has 0 bridgehead atoms. The third kappa shape index (κ3) is 4.43. The van der Waals surface area contributed by atoms with Gasteiger partial charge in [0.05, 0.1) is 12.0 Å². The Bertz CT molecular complexity index is 721. The number of anilines is 1. The van der Waals surface area contributed by atoms with Crippen molar-refractivity contribution < 1.29 is 19.2 Å². The van der Waals surface area contributed by atoms with Gasteiger partial charge in [0.1, 0.15) is 6.61 Å². The number of rotatable bonds is 5. The van der Waals surface area contributed by atoms with Crippen molar-refractivity contribution >= 4 is 33.4 Å². The smallest absolute Gasteiger partial charge is 0.412 e. The van der Waals surface area contributed by atoms with Gasteiger partial charge >= 0.3 is 6.09 Å². The minimum absolute atomic E-state index is 0.0549. The van der Waals surface area contributed by atoms with E-state index in [1.165, 1.54) is 19.2 Å². The number of carbonyl (C=O) groups is 1. The molecule has 2 aromatic rings. The number of nitro benzene ring substituents is 1. The van der Waals surface area contributed by atoms with Gasteiger partial charge < -0.3 is 9.47 Å². The van der Waals surface area contributed by atoms with Crippen molar-refractivity contribution in [1.82, 2.24) is 0 Å². The van der Waals surface area contributed by atoms with Crippen LogP contribution >= 0.6 is 15.9 Å². The number of benzene rings is 2. The Morgan fingerprint density at radius 1 is 1.30 bits per heavy atom. The van der Waals surface area contributed by atoms with Crippen LogP contribution < -0.4 is 10.1 Å². The summed E-state index contributed by atoms with van der Waals surface area (Å²) in [4.78, 5) is 22.4. The number of halogens is 1. The Balaban J connectivity index is 2.15. The first-order chi connectivity index (χ1) is 11.0. The molecule has 0 fully saturated rings. The molecule has 23 heavy (non-hydrogen) atoms. The minimum atomic E-state index is -0.808. The number of ether oxygens (including phenoxy) is 2. The van der Waals surface area contributed by atoms with Gasteiger partial charge in [0.15, 0.2) is 11.4 Å². The average molecular weight is 381 g/mol. The van der Waals surface area contributed by atoms with Crippen molar-refractivity contribution in [2.75, 3.05) is 12.4 Å². The number of nitrogens with one attached hydrogen (secondary N) is 1. The maximum atomic E-state index is 11.9. The van der Waals surface area contributed by atoms with Crippen molar-refractivity contribution in [3.8, 4) is 5.75 Å². The lowest BCUT2D eigenvalue weighted by Gasteiger charge is -2.11. The Kier molecular flexibility index (Phi) is 5.53. The van der Waals surface area contributed by atoms with Crippen molar-refractivity contribution in [1.29, 1.82) is 0 Å². The predicted molar refractivity (Wildman–Crippen MR) is 87.6 cm³/mol. The largest absolute Gasteiger partial charge is 0.494 e. The molecule has 0 saturated heterocycles. The number of hydrogen-bond acceptors (Lipinski definition) is 5. The van der Waals surface area contributed by atoms with Crippen molar-refractivity contribution in [2.24, 2.45) is 0 Å². The van der Waals surface area contributed by atoms with Gasteiger partial charge in [0.2, 0.25) is 0 Å². The number of nitro groups is 1. The van der Waals surface area contributed by atoms with Crippen molar-refractivity contribution in [3.63, 3.8) is 0 Å². The number of nitrogens with zero attached hydrogens (tertiary/aromatic N) is 1. The molecule has 2 rings (SSSR count). The third-order valence-electron chi connectivity index (χ3n) is 2.90. The Labute approximate surface area is 140 Å². The molecule has 0 heterocycles. The van der Waals surface area contributed by atoms with E-state index in [2.05, 4.69) is 21.2 Å². The van der Waals surface area contributed by atoms with Crippen LogP contribution in [-0.4, -0.2) is 18.1 Å². The molecule has 0 aliphatic heterocycles. The van der Waals surface area contributed by atoms with Crippen LogP contribution in [0.4, 0.5) is 16.2 Å². The zero-order chi connectivity index (χ0) is 16.8. The molecule has 0 radical (unpaired) electrons. The molecule has 120 valence electrons. The summed E-state index contributed by atoms with van der Waals surface area (Å²) in [6, 6.07) is 11.9. The minimum Gasteiger partial charge on any atom is -0.494 e. The normalized spacial score (nSPS) is 10.0. The molecular formula is C15H13BrN2O5. The van der Waals surface area contributed by atoms with Crippen LogP contribution in [-0.2, 0) is 11.3 Å². The molecule has 0 aromatic heterocycles. The Hall–Kier alpha value is -2.61. The van der Waals surface area contributed by atoms with E-state index in [4.69, 9.17) is 9.47 Å². The molecule has 1 amide bonds. The van der Waals surface area contributed by atoms with E-state index in [0.29, 0.717) is 4.47 Å². The van der Waals surface area contributed by atoms with Gasteiger partial charge in [-0.25, -0.2) is 4.79 Å². The molecule has 0 atom stereocenters. The molecule has 7 nitrogen and oxygen atoms in total. The van der Waals surface area contributed by atoms with Crippen LogP contribution in [0.3, 0.4) is 0 Å². The second-order valence-corrected chi connectivity index (χ2v) is 5.36. The highest BCUT2D eigenvalue weighted by atomic mass is 79.9. The average Bonchev–Trinajstić information content (AvgIpc) is 2.54. The van der Waals surface area contributed by atoms with Gasteiger partial charge in [-0.3, -0.25) is 15.4 Å². The summed E-state index contributed by atoms with van der Waals surface area (Å²) in [5, 5.41) is 13.5. The van der Waals surface area contributed by atoms with Gasteiger partial charge in [0.25, 0.3) is 5.69 Å². The quantitative estimate of drug-likeness (QED) is 0.622. The van der Waals surface area contributed by atoms with E-state index >= 15 is 0 Å². The topological polar surface area (TPSA) is 90.7 Å². The van der Waals surface area contributed by atoms with Gasteiger partial charge in [-0.2, -0.15) is 0 Å². The van der Waals surface area contributed by atoms with Crippen LogP contribution in [0.1, 0.15) is 5.56 Å². The second kappa shape index (κ2) is 7.59. The van der Waals surface area contributed by atoms with Crippen molar-refractivity contribution in [2.45, 2.75) is 6.61 Å². The summed E-state index contributed by atoms with van der Waals surface area (Å²) in [5.74, 6) is 0.155. The lowest BCUT2D eigenvalue weighted by atomic mass is 10.2. The number of amides is 1. The van der Waals surface area contributed by atoms with Crippen LogP contribution in [0.5, 0.6) is 5.75 Å². The zero-order valence-corrected chi connectivity index (χ0v) is 13.7. The summed E-state index contributed by atoms with van der Waals surface area (Å²) in [6.07, 6.45) is -0.808. The van der Waals surface area contributed by atoms with Crippen LogP contribution in [0.15, 0.2) is 46.9 Å². The first-order valence-electron chi connectivity index (χ1n) is 6.51. The maximum Gasteiger partial charge on any atom is 0.412 e. The summed E-state index contributed by atoms with van der Waals surface area (Å²) < 4.78 is 10.6. The van der Waals surface area contributed by atoms with Crippen molar-refractivity contribution in [3.05, 3.63) is 62.6 Å². The Morgan fingerprint density at radius 3 is 2.61 bits per heavy atom. The zero-order valence-electron chi connectivity index (χ0n) is 12.1. The molecule has 0 spiro atoms. The van der Waals surface area contributed by atoms with Crippen LogP contribution in [0.25, 0.3) is 0 Å². The van der Waals surface area contributed by atoms with E-state index < -0.39 is 11.0 Å². The van der Waals surface area contributed by atoms with Gasteiger partial charge in [0, 0.05) is 10.5 Å².